The van der Waals surface area contributed by atoms with Crippen LogP contribution < -0.4 is 14.8 Å². The van der Waals surface area contributed by atoms with Crippen molar-refractivity contribution < 1.29 is 9.47 Å². The van der Waals surface area contributed by atoms with Gasteiger partial charge >= 0.3 is 0 Å². The number of anilines is 1. The highest BCUT2D eigenvalue weighted by molar-refractivity contribution is 5.66. The van der Waals surface area contributed by atoms with E-state index in [-0.39, 0.29) is 0 Å². The van der Waals surface area contributed by atoms with E-state index in [1.165, 1.54) is 0 Å². The molecule has 5 heteroatoms. The Balaban J connectivity index is 1.94. The summed E-state index contributed by atoms with van der Waals surface area (Å²) < 4.78 is 11.2. The average molecular weight is 285 g/mol. The summed E-state index contributed by atoms with van der Waals surface area (Å²) in [6, 6.07) is 7.87. The number of aryl methyl sites for hydroxylation is 1. The first-order chi connectivity index (χ1) is 10.3. The van der Waals surface area contributed by atoms with Crippen LogP contribution in [0.3, 0.4) is 0 Å². The van der Waals surface area contributed by atoms with Crippen molar-refractivity contribution in [3.63, 3.8) is 0 Å². The van der Waals surface area contributed by atoms with Gasteiger partial charge in [0.15, 0.2) is 11.5 Å². The van der Waals surface area contributed by atoms with Gasteiger partial charge < -0.3 is 14.8 Å². The molecule has 0 spiro atoms. The Morgan fingerprint density at radius 2 is 1.90 bits per heavy atom. The van der Waals surface area contributed by atoms with E-state index in [0.29, 0.717) is 13.2 Å². The molecule has 2 heterocycles. The van der Waals surface area contributed by atoms with Crippen molar-refractivity contribution in [2.75, 3.05) is 25.1 Å². The Hall–Kier alpha value is -2.30. The van der Waals surface area contributed by atoms with Gasteiger partial charge in [0.1, 0.15) is 24.9 Å². The molecule has 0 bridgehead atoms. The van der Waals surface area contributed by atoms with Crippen LogP contribution in [0.5, 0.6) is 11.5 Å². The first-order valence-corrected chi connectivity index (χ1v) is 7.26. The van der Waals surface area contributed by atoms with Gasteiger partial charge in [0.2, 0.25) is 0 Å². The topological polar surface area (TPSA) is 56.3 Å². The Morgan fingerprint density at radius 3 is 2.71 bits per heavy atom. The molecule has 0 radical (unpaired) electrons. The van der Waals surface area contributed by atoms with E-state index in [4.69, 9.17) is 9.47 Å². The molecule has 3 rings (SSSR count). The third kappa shape index (κ3) is 3.07. The summed E-state index contributed by atoms with van der Waals surface area (Å²) >= 11 is 0. The summed E-state index contributed by atoms with van der Waals surface area (Å²) in [5, 5.41) is 3.30. The zero-order valence-corrected chi connectivity index (χ0v) is 12.3. The number of ether oxygens (including phenoxy) is 2. The fourth-order valence-electron chi connectivity index (χ4n) is 2.26. The highest BCUT2D eigenvalue weighted by Crippen LogP contribution is 2.34. The van der Waals surface area contributed by atoms with Crippen molar-refractivity contribution in [3.05, 3.63) is 30.1 Å². The Morgan fingerprint density at radius 1 is 1.10 bits per heavy atom. The predicted octanol–water partition coefficient (Wildman–Crippen LogP) is 3.05. The third-order valence-electron chi connectivity index (χ3n) is 3.23. The molecule has 21 heavy (non-hydrogen) atoms. The van der Waals surface area contributed by atoms with Crippen LogP contribution in [0.25, 0.3) is 11.3 Å². The van der Waals surface area contributed by atoms with Gasteiger partial charge in [-0.2, -0.15) is 0 Å². The van der Waals surface area contributed by atoms with Gasteiger partial charge in [-0.05, 0) is 31.5 Å². The van der Waals surface area contributed by atoms with Crippen LogP contribution in [-0.4, -0.2) is 29.7 Å². The fraction of sp³-hybridized carbons (Fsp3) is 0.375. The third-order valence-corrected chi connectivity index (χ3v) is 3.23. The molecule has 1 N–H and O–H groups in total. The molecule has 1 aliphatic rings. The van der Waals surface area contributed by atoms with Crippen LogP contribution in [0.15, 0.2) is 24.3 Å². The molecule has 110 valence electrons. The van der Waals surface area contributed by atoms with Crippen LogP contribution in [0, 0.1) is 6.92 Å². The lowest BCUT2D eigenvalue weighted by Gasteiger charge is -2.19. The van der Waals surface area contributed by atoms with Crippen molar-refractivity contribution in [2.24, 2.45) is 0 Å². The number of hydrogen-bond donors (Lipinski definition) is 1. The maximum Gasteiger partial charge on any atom is 0.162 e. The summed E-state index contributed by atoms with van der Waals surface area (Å²) in [6.07, 6.45) is 1.06. The average Bonchev–Trinajstić information content (AvgIpc) is 2.52. The molecule has 1 aromatic carbocycles. The molecule has 0 unspecified atom stereocenters. The van der Waals surface area contributed by atoms with E-state index in [2.05, 4.69) is 22.2 Å². The van der Waals surface area contributed by atoms with Crippen molar-refractivity contribution in [1.29, 1.82) is 0 Å². The standard InChI is InChI=1S/C16H19N3O2/c1-3-6-17-16-10-13(18-11(2)19-16)12-4-5-14-15(9-12)21-8-7-20-14/h4-5,9-10H,3,6-8H2,1-2H3,(H,17,18,19). The van der Waals surface area contributed by atoms with Crippen LogP contribution in [0.2, 0.25) is 0 Å². The Kier molecular flexibility index (Phi) is 3.90. The van der Waals surface area contributed by atoms with E-state index in [9.17, 15) is 0 Å². The van der Waals surface area contributed by atoms with Gasteiger partial charge in [0.25, 0.3) is 0 Å². The fourth-order valence-corrected chi connectivity index (χ4v) is 2.26. The van der Waals surface area contributed by atoms with Crippen LogP contribution in [0.4, 0.5) is 5.82 Å². The SMILES string of the molecule is CCCNc1cc(-c2ccc3c(c2)OCCO3)nc(C)n1. The van der Waals surface area contributed by atoms with Crippen LogP contribution >= 0.6 is 0 Å². The van der Waals surface area contributed by atoms with Gasteiger partial charge in [0, 0.05) is 18.2 Å². The van der Waals surface area contributed by atoms with Crippen molar-refractivity contribution in [1.82, 2.24) is 9.97 Å². The number of rotatable bonds is 4. The summed E-state index contributed by atoms with van der Waals surface area (Å²) in [5.74, 6) is 3.17. The number of aromatic nitrogens is 2. The second-order valence-corrected chi connectivity index (χ2v) is 4.97. The van der Waals surface area contributed by atoms with Crippen molar-refractivity contribution in [3.8, 4) is 22.8 Å². The van der Waals surface area contributed by atoms with E-state index in [1.54, 1.807) is 0 Å². The van der Waals surface area contributed by atoms with Gasteiger partial charge in [-0.1, -0.05) is 6.92 Å². The molecular weight excluding hydrogens is 266 g/mol. The molecule has 0 aliphatic carbocycles. The smallest absolute Gasteiger partial charge is 0.162 e. The van der Waals surface area contributed by atoms with E-state index in [0.717, 1.165) is 47.4 Å². The minimum absolute atomic E-state index is 0.586. The first-order valence-electron chi connectivity index (χ1n) is 7.26. The second kappa shape index (κ2) is 5.99. The van der Waals surface area contributed by atoms with Gasteiger partial charge in [-0.15, -0.1) is 0 Å². The van der Waals surface area contributed by atoms with Crippen LogP contribution in [-0.2, 0) is 0 Å². The molecule has 0 saturated carbocycles. The summed E-state index contributed by atoms with van der Waals surface area (Å²) in [7, 11) is 0. The zero-order valence-electron chi connectivity index (χ0n) is 12.3. The van der Waals surface area contributed by atoms with Crippen molar-refractivity contribution in [2.45, 2.75) is 20.3 Å². The maximum absolute atomic E-state index is 5.63. The zero-order chi connectivity index (χ0) is 14.7. The van der Waals surface area contributed by atoms with E-state index >= 15 is 0 Å². The molecule has 0 amide bonds. The van der Waals surface area contributed by atoms with Crippen molar-refractivity contribution >= 4 is 5.82 Å². The number of nitrogens with one attached hydrogen (secondary N) is 1. The van der Waals surface area contributed by atoms with E-state index < -0.39 is 0 Å². The highest BCUT2D eigenvalue weighted by atomic mass is 16.6. The Labute approximate surface area is 124 Å². The molecular formula is C16H19N3O2. The Bertz CT molecular complexity index is 643. The summed E-state index contributed by atoms with van der Waals surface area (Å²) in [6.45, 7) is 6.12. The predicted molar refractivity (Wildman–Crippen MR) is 82.0 cm³/mol. The van der Waals surface area contributed by atoms with Gasteiger partial charge in [-0.25, -0.2) is 9.97 Å². The number of fused-ring (bicyclic) bond motifs is 1. The second-order valence-electron chi connectivity index (χ2n) is 4.97. The molecule has 5 nitrogen and oxygen atoms in total. The van der Waals surface area contributed by atoms with Gasteiger partial charge in [-0.3, -0.25) is 0 Å². The first kappa shape index (κ1) is 13.7. The minimum atomic E-state index is 0.586. The minimum Gasteiger partial charge on any atom is -0.486 e. The highest BCUT2D eigenvalue weighted by Gasteiger charge is 2.13. The van der Waals surface area contributed by atoms with E-state index in [1.807, 2.05) is 31.2 Å². The molecule has 0 saturated heterocycles. The quantitative estimate of drug-likeness (QED) is 0.935. The normalized spacial score (nSPS) is 13.0. The molecule has 2 aromatic rings. The largest absolute Gasteiger partial charge is 0.486 e. The lowest BCUT2D eigenvalue weighted by Crippen LogP contribution is -2.15. The molecule has 1 aliphatic heterocycles. The molecule has 0 atom stereocenters. The number of benzene rings is 1. The number of hydrogen-bond acceptors (Lipinski definition) is 5. The monoisotopic (exact) mass is 285 g/mol. The van der Waals surface area contributed by atoms with Crippen LogP contribution in [0.1, 0.15) is 19.2 Å². The lowest BCUT2D eigenvalue weighted by atomic mass is 10.1. The lowest BCUT2D eigenvalue weighted by molar-refractivity contribution is 0.171. The molecule has 0 fully saturated rings. The summed E-state index contributed by atoms with van der Waals surface area (Å²) in [5.41, 5.74) is 1.89. The summed E-state index contributed by atoms with van der Waals surface area (Å²) in [4.78, 5) is 8.92. The number of nitrogens with zero attached hydrogens (tertiary/aromatic N) is 2. The molecule has 1 aromatic heterocycles. The maximum atomic E-state index is 5.63. The van der Waals surface area contributed by atoms with Gasteiger partial charge in [0.05, 0.1) is 5.69 Å².